The molecule has 0 bridgehead atoms. The summed E-state index contributed by atoms with van der Waals surface area (Å²) in [5, 5.41) is 7.28. The molecule has 0 radical (unpaired) electrons. The molecule has 3 rings (SSSR count). The van der Waals surface area contributed by atoms with Crippen LogP contribution in [0, 0.1) is 13.8 Å². The SMILES string of the molecule is CCOc1cc(/C=N\NC(=O)c2cccc(Cl)c2)ccc1OCC(=O)Nc1ccc(C)c(C)c1. The molecule has 0 saturated heterocycles. The van der Waals surface area contributed by atoms with Gasteiger partial charge < -0.3 is 14.8 Å². The summed E-state index contributed by atoms with van der Waals surface area (Å²) in [4.78, 5) is 24.5. The first-order valence-corrected chi connectivity index (χ1v) is 11.1. The van der Waals surface area contributed by atoms with E-state index in [9.17, 15) is 9.59 Å². The number of carbonyl (C=O) groups is 2. The highest BCUT2D eigenvalue weighted by molar-refractivity contribution is 6.30. The quantitative estimate of drug-likeness (QED) is 0.328. The van der Waals surface area contributed by atoms with Crippen molar-refractivity contribution in [2.75, 3.05) is 18.5 Å². The number of benzene rings is 3. The second-order valence-corrected chi connectivity index (χ2v) is 7.92. The van der Waals surface area contributed by atoms with Crippen LogP contribution in [0.3, 0.4) is 0 Å². The van der Waals surface area contributed by atoms with Crippen LogP contribution in [-0.2, 0) is 4.79 Å². The molecular formula is C26H26ClN3O4. The number of hydrazone groups is 1. The first-order chi connectivity index (χ1) is 16.4. The van der Waals surface area contributed by atoms with E-state index in [1.807, 2.05) is 39.0 Å². The fourth-order valence-corrected chi connectivity index (χ4v) is 3.20. The summed E-state index contributed by atoms with van der Waals surface area (Å²) in [6.07, 6.45) is 1.49. The smallest absolute Gasteiger partial charge is 0.271 e. The minimum atomic E-state index is -0.376. The van der Waals surface area contributed by atoms with Crippen molar-refractivity contribution in [3.05, 3.63) is 87.9 Å². The van der Waals surface area contributed by atoms with Crippen LogP contribution in [0.15, 0.2) is 65.8 Å². The molecule has 7 nitrogen and oxygen atoms in total. The molecule has 8 heteroatoms. The molecule has 3 aromatic carbocycles. The summed E-state index contributed by atoms with van der Waals surface area (Å²) in [5.41, 5.74) is 6.51. The molecule has 0 aliphatic rings. The predicted octanol–water partition coefficient (Wildman–Crippen LogP) is 5.14. The average molecular weight is 480 g/mol. The zero-order valence-electron chi connectivity index (χ0n) is 19.2. The lowest BCUT2D eigenvalue weighted by atomic mass is 10.1. The average Bonchev–Trinajstić information content (AvgIpc) is 2.81. The second-order valence-electron chi connectivity index (χ2n) is 7.48. The number of nitrogens with zero attached hydrogens (tertiary/aromatic N) is 1. The maximum absolute atomic E-state index is 12.3. The summed E-state index contributed by atoms with van der Waals surface area (Å²) in [6.45, 7) is 6.10. The molecule has 0 aliphatic carbocycles. The van der Waals surface area contributed by atoms with Crippen LogP contribution in [0.5, 0.6) is 11.5 Å². The van der Waals surface area contributed by atoms with Crippen molar-refractivity contribution in [3.8, 4) is 11.5 Å². The number of carbonyl (C=O) groups excluding carboxylic acids is 2. The molecule has 0 atom stereocenters. The molecule has 0 aromatic heterocycles. The van der Waals surface area contributed by atoms with E-state index in [-0.39, 0.29) is 18.4 Å². The van der Waals surface area contributed by atoms with Crippen LogP contribution >= 0.6 is 11.6 Å². The second kappa shape index (κ2) is 11.9. The van der Waals surface area contributed by atoms with Crippen molar-refractivity contribution >= 4 is 35.3 Å². The van der Waals surface area contributed by atoms with E-state index in [0.717, 1.165) is 11.1 Å². The summed E-state index contributed by atoms with van der Waals surface area (Å²) in [7, 11) is 0. The van der Waals surface area contributed by atoms with Gasteiger partial charge in [0.15, 0.2) is 18.1 Å². The van der Waals surface area contributed by atoms with Gasteiger partial charge in [-0.1, -0.05) is 23.7 Å². The summed E-state index contributed by atoms with van der Waals surface area (Å²) in [5.74, 6) is 0.238. The van der Waals surface area contributed by atoms with Crippen LogP contribution in [0.25, 0.3) is 0 Å². The largest absolute Gasteiger partial charge is 0.490 e. The first kappa shape index (κ1) is 24.8. The molecule has 3 aromatic rings. The Balaban J connectivity index is 1.60. The van der Waals surface area contributed by atoms with Crippen molar-refractivity contribution in [2.24, 2.45) is 5.10 Å². The van der Waals surface area contributed by atoms with Gasteiger partial charge in [0.2, 0.25) is 0 Å². The van der Waals surface area contributed by atoms with Gasteiger partial charge in [0.05, 0.1) is 12.8 Å². The number of rotatable bonds is 9. The summed E-state index contributed by atoms with van der Waals surface area (Å²) >= 11 is 5.91. The Morgan fingerprint density at radius 3 is 2.53 bits per heavy atom. The molecule has 0 fully saturated rings. The van der Waals surface area contributed by atoms with Gasteiger partial charge in [-0.05, 0) is 86.0 Å². The number of ether oxygens (including phenoxy) is 2. The number of anilines is 1. The van der Waals surface area contributed by atoms with Crippen LogP contribution in [0.1, 0.15) is 34.0 Å². The Morgan fingerprint density at radius 2 is 1.79 bits per heavy atom. The van der Waals surface area contributed by atoms with Crippen LogP contribution in [0.4, 0.5) is 5.69 Å². The lowest BCUT2D eigenvalue weighted by Crippen LogP contribution is -2.20. The van der Waals surface area contributed by atoms with Crippen LogP contribution < -0.4 is 20.2 Å². The number of hydrogen-bond donors (Lipinski definition) is 2. The third kappa shape index (κ3) is 7.08. The number of hydrogen-bond acceptors (Lipinski definition) is 5. The highest BCUT2D eigenvalue weighted by Gasteiger charge is 2.10. The number of halogens is 1. The number of amides is 2. The van der Waals surface area contributed by atoms with E-state index in [1.165, 1.54) is 6.21 Å². The van der Waals surface area contributed by atoms with Crippen molar-refractivity contribution in [1.82, 2.24) is 5.43 Å². The first-order valence-electron chi connectivity index (χ1n) is 10.7. The third-order valence-electron chi connectivity index (χ3n) is 4.88. The van der Waals surface area contributed by atoms with Crippen LogP contribution in [0.2, 0.25) is 5.02 Å². The zero-order valence-corrected chi connectivity index (χ0v) is 20.0. The van der Waals surface area contributed by atoms with E-state index < -0.39 is 0 Å². The highest BCUT2D eigenvalue weighted by Crippen LogP contribution is 2.28. The fraction of sp³-hybridized carbons (Fsp3) is 0.192. The molecule has 0 saturated carbocycles. The highest BCUT2D eigenvalue weighted by atomic mass is 35.5. The Kier molecular flexibility index (Phi) is 8.65. The fourth-order valence-electron chi connectivity index (χ4n) is 3.01. The molecule has 176 valence electrons. The van der Waals surface area contributed by atoms with E-state index >= 15 is 0 Å². The lowest BCUT2D eigenvalue weighted by molar-refractivity contribution is -0.118. The van der Waals surface area contributed by atoms with Crippen molar-refractivity contribution in [1.29, 1.82) is 0 Å². The van der Waals surface area contributed by atoms with Gasteiger partial charge in [0, 0.05) is 16.3 Å². The maximum atomic E-state index is 12.3. The summed E-state index contributed by atoms with van der Waals surface area (Å²) in [6, 6.07) is 17.5. The van der Waals surface area contributed by atoms with Gasteiger partial charge in [-0.2, -0.15) is 5.10 Å². The van der Waals surface area contributed by atoms with Crippen molar-refractivity contribution in [2.45, 2.75) is 20.8 Å². The van der Waals surface area contributed by atoms with Gasteiger partial charge >= 0.3 is 0 Å². The molecule has 0 unspecified atom stereocenters. The molecule has 0 heterocycles. The van der Waals surface area contributed by atoms with Gasteiger partial charge in [0.1, 0.15) is 0 Å². The summed E-state index contributed by atoms with van der Waals surface area (Å²) < 4.78 is 11.3. The van der Waals surface area contributed by atoms with E-state index in [4.69, 9.17) is 21.1 Å². The number of aryl methyl sites for hydroxylation is 2. The predicted molar refractivity (Wildman–Crippen MR) is 134 cm³/mol. The van der Waals surface area contributed by atoms with Crippen molar-refractivity contribution in [3.63, 3.8) is 0 Å². The van der Waals surface area contributed by atoms with Gasteiger partial charge in [-0.15, -0.1) is 0 Å². The Labute approximate surface area is 203 Å². The molecule has 0 aliphatic heterocycles. The topological polar surface area (TPSA) is 89.0 Å². The standard InChI is InChI=1S/C26H26ClN3O4/c1-4-33-24-13-19(15-28-30-26(32)20-6-5-7-21(27)14-20)9-11-23(24)34-16-25(31)29-22-10-8-17(2)18(3)12-22/h5-15H,4,16H2,1-3H3,(H,29,31)(H,30,32)/b28-15-. The number of nitrogens with one attached hydrogen (secondary N) is 2. The van der Waals surface area contributed by atoms with E-state index in [1.54, 1.807) is 42.5 Å². The Morgan fingerprint density at radius 1 is 0.971 bits per heavy atom. The van der Waals surface area contributed by atoms with Crippen molar-refractivity contribution < 1.29 is 19.1 Å². The van der Waals surface area contributed by atoms with E-state index in [0.29, 0.717) is 39.9 Å². The zero-order chi connectivity index (χ0) is 24.5. The molecule has 2 N–H and O–H groups in total. The van der Waals surface area contributed by atoms with Crippen LogP contribution in [-0.4, -0.2) is 31.2 Å². The minimum absolute atomic E-state index is 0.171. The molecule has 2 amide bonds. The molecule has 34 heavy (non-hydrogen) atoms. The third-order valence-corrected chi connectivity index (χ3v) is 5.12. The Bertz CT molecular complexity index is 1210. The monoisotopic (exact) mass is 479 g/mol. The van der Waals surface area contributed by atoms with Gasteiger partial charge in [-0.3, -0.25) is 9.59 Å². The minimum Gasteiger partial charge on any atom is -0.490 e. The van der Waals surface area contributed by atoms with E-state index in [2.05, 4.69) is 15.8 Å². The maximum Gasteiger partial charge on any atom is 0.271 e. The molecular weight excluding hydrogens is 454 g/mol. The molecule has 0 spiro atoms. The van der Waals surface area contributed by atoms with Gasteiger partial charge in [0.25, 0.3) is 11.8 Å². The van der Waals surface area contributed by atoms with Gasteiger partial charge in [-0.25, -0.2) is 5.43 Å². The lowest BCUT2D eigenvalue weighted by Gasteiger charge is -2.13. The Hall–Kier alpha value is -3.84. The normalized spacial score (nSPS) is 10.7.